The summed E-state index contributed by atoms with van der Waals surface area (Å²) < 4.78 is 0. The molecule has 1 N–H and O–H groups in total. The Morgan fingerprint density at radius 2 is 2.12 bits per heavy atom. The Morgan fingerprint density at radius 3 is 2.56 bits per heavy atom. The van der Waals surface area contributed by atoms with Crippen LogP contribution in [-0.4, -0.2) is 35.0 Å². The van der Waals surface area contributed by atoms with Crippen LogP contribution in [0.3, 0.4) is 0 Å². The van der Waals surface area contributed by atoms with Crippen LogP contribution >= 0.6 is 0 Å². The minimum atomic E-state index is -0.877. The Labute approximate surface area is 96.9 Å². The minimum absolute atomic E-state index is 0.00912. The average molecular weight is 227 g/mol. The summed E-state index contributed by atoms with van der Waals surface area (Å²) in [6.07, 6.45) is 3.91. The van der Waals surface area contributed by atoms with Gasteiger partial charge in [0.2, 0.25) is 5.91 Å². The lowest BCUT2D eigenvalue weighted by atomic mass is 10.1. The molecule has 0 aromatic heterocycles. The van der Waals surface area contributed by atoms with Gasteiger partial charge in [0.05, 0.1) is 5.92 Å². The van der Waals surface area contributed by atoms with Crippen molar-refractivity contribution in [1.29, 1.82) is 0 Å². The summed E-state index contributed by atoms with van der Waals surface area (Å²) in [4.78, 5) is 24.0. The summed E-state index contributed by atoms with van der Waals surface area (Å²) in [5.41, 5.74) is 0. The zero-order valence-corrected chi connectivity index (χ0v) is 10.1. The van der Waals surface area contributed by atoms with E-state index >= 15 is 0 Å². The van der Waals surface area contributed by atoms with Crippen LogP contribution in [-0.2, 0) is 9.59 Å². The van der Waals surface area contributed by atoms with Gasteiger partial charge in [-0.2, -0.15) is 0 Å². The summed E-state index contributed by atoms with van der Waals surface area (Å²) in [6, 6.07) is 0. The predicted octanol–water partition coefficient (Wildman–Crippen LogP) is 1.91. The van der Waals surface area contributed by atoms with Crippen molar-refractivity contribution >= 4 is 11.9 Å². The van der Waals surface area contributed by atoms with Gasteiger partial charge in [-0.05, 0) is 6.42 Å². The lowest BCUT2D eigenvalue weighted by Crippen LogP contribution is -2.36. The number of hydrogen-bond acceptors (Lipinski definition) is 2. The van der Waals surface area contributed by atoms with Gasteiger partial charge in [-0.15, -0.1) is 6.58 Å². The summed E-state index contributed by atoms with van der Waals surface area (Å²) in [5, 5.41) is 8.79. The Kier molecular flexibility index (Phi) is 7.25. The van der Waals surface area contributed by atoms with Crippen molar-refractivity contribution in [3.8, 4) is 0 Å². The number of amides is 1. The first-order valence-corrected chi connectivity index (χ1v) is 5.64. The number of carbonyl (C=O) groups excluding carboxylic acids is 1. The second-order valence-corrected chi connectivity index (χ2v) is 3.93. The molecule has 0 radical (unpaired) electrons. The van der Waals surface area contributed by atoms with Crippen LogP contribution in [0.5, 0.6) is 0 Å². The number of carbonyl (C=O) groups is 2. The topological polar surface area (TPSA) is 57.6 Å². The summed E-state index contributed by atoms with van der Waals surface area (Å²) in [7, 11) is 0. The van der Waals surface area contributed by atoms with Crippen molar-refractivity contribution in [2.45, 2.75) is 33.1 Å². The summed E-state index contributed by atoms with van der Waals surface area (Å²) >= 11 is 0. The molecular formula is C12H21NO3. The van der Waals surface area contributed by atoms with Gasteiger partial charge >= 0.3 is 5.97 Å². The van der Waals surface area contributed by atoms with Crippen LogP contribution in [0.15, 0.2) is 12.7 Å². The van der Waals surface area contributed by atoms with E-state index in [9.17, 15) is 9.59 Å². The number of hydrogen-bond donors (Lipinski definition) is 1. The number of nitrogens with zero attached hydrogens (tertiary/aromatic N) is 1. The number of carboxylic acids is 1. The largest absolute Gasteiger partial charge is 0.481 e. The Hall–Kier alpha value is -1.32. The zero-order chi connectivity index (χ0) is 12.6. The van der Waals surface area contributed by atoms with Crippen LogP contribution < -0.4 is 0 Å². The van der Waals surface area contributed by atoms with Crippen LogP contribution in [0, 0.1) is 5.92 Å². The molecule has 0 saturated heterocycles. The van der Waals surface area contributed by atoms with E-state index in [1.54, 1.807) is 17.9 Å². The monoisotopic (exact) mass is 227 g/mol. The summed E-state index contributed by atoms with van der Waals surface area (Å²) in [5.74, 6) is -1.40. The SMILES string of the molecule is C=CCN(CC(C)C(=O)O)C(=O)CCCC. The molecule has 0 rings (SSSR count). The van der Waals surface area contributed by atoms with E-state index in [1.807, 2.05) is 6.92 Å². The van der Waals surface area contributed by atoms with E-state index in [0.717, 1.165) is 12.8 Å². The minimum Gasteiger partial charge on any atom is -0.481 e. The molecule has 0 aliphatic rings. The molecule has 1 amide bonds. The third-order valence-corrected chi connectivity index (χ3v) is 2.36. The van der Waals surface area contributed by atoms with Crippen LogP contribution in [0.2, 0.25) is 0 Å². The number of aliphatic carboxylic acids is 1. The van der Waals surface area contributed by atoms with Crippen molar-refractivity contribution in [3.05, 3.63) is 12.7 Å². The highest BCUT2D eigenvalue weighted by Gasteiger charge is 2.18. The van der Waals surface area contributed by atoms with Crippen LogP contribution in [0.4, 0.5) is 0 Å². The maximum Gasteiger partial charge on any atom is 0.308 e. The first kappa shape index (κ1) is 14.7. The van der Waals surface area contributed by atoms with Gasteiger partial charge in [0.15, 0.2) is 0 Å². The third-order valence-electron chi connectivity index (χ3n) is 2.36. The van der Waals surface area contributed by atoms with E-state index in [-0.39, 0.29) is 12.5 Å². The first-order valence-electron chi connectivity index (χ1n) is 5.64. The number of carboxylic acid groups (broad SMARTS) is 1. The standard InChI is InChI=1S/C12H21NO3/c1-4-6-7-11(14)13(8-5-2)9-10(3)12(15)16/h5,10H,2,4,6-9H2,1,3H3,(H,15,16). The first-order chi connectivity index (χ1) is 7.52. The maximum atomic E-state index is 11.7. The number of rotatable bonds is 8. The summed E-state index contributed by atoms with van der Waals surface area (Å²) in [6.45, 7) is 7.87. The van der Waals surface area contributed by atoms with Crippen LogP contribution in [0.25, 0.3) is 0 Å². The number of unbranched alkanes of at least 4 members (excludes halogenated alkanes) is 1. The highest BCUT2D eigenvalue weighted by Crippen LogP contribution is 2.05. The van der Waals surface area contributed by atoms with E-state index in [2.05, 4.69) is 6.58 Å². The Morgan fingerprint density at radius 1 is 1.50 bits per heavy atom. The third kappa shape index (κ3) is 5.53. The van der Waals surface area contributed by atoms with Crippen molar-refractivity contribution < 1.29 is 14.7 Å². The van der Waals surface area contributed by atoms with Gasteiger partial charge in [-0.1, -0.05) is 26.3 Å². The van der Waals surface area contributed by atoms with Crippen molar-refractivity contribution in [3.63, 3.8) is 0 Å². The van der Waals surface area contributed by atoms with E-state index < -0.39 is 11.9 Å². The second-order valence-electron chi connectivity index (χ2n) is 3.93. The fourth-order valence-electron chi connectivity index (χ4n) is 1.33. The Balaban J connectivity index is 4.30. The molecule has 0 aromatic carbocycles. The molecule has 0 bridgehead atoms. The van der Waals surface area contributed by atoms with Gasteiger partial charge < -0.3 is 10.0 Å². The molecule has 0 aliphatic carbocycles. The molecular weight excluding hydrogens is 206 g/mol. The molecule has 1 atom stereocenters. The molecule has 4 heteroatoms. The molecule has 16 heavy (non-hydrogen) atoms. The maximum absolute atomic E-state index is 11.7. The van der Waals surface area contributed by atoms with Crippen molar-refractivity contribution in [2.75, 3.05) is 13.1 Å². The van der Waals surface area contributed by atoms with E-state index in [4.69, 9.17) is 5.11 Å². The highest BCUT2D eigenvalue weighted by atomic mass is 16.4. The highest BCUT2D eigenvalue weighted by molar-refractivity contribution is 5.77. The van der Waals surface area contributed by atoms with Crippen molar-refractivity contribution in [1.82, 2.24) is 4.90 Å². The molecule has 0 saturated carbocycles. The molecule has 0 spiro atoms. The van der Waals surface area contributed by atoms with Gasteiger partial charge in [0, 0.05) is 19.5 Å². The fourth-order valence-corrected chi connectivity index (χ4v) is 1.33. The molecule has 1 unspecified atom stereocenters. The molecule has 0 aromatic rings. The lowest BCUT2D eigenvalue weighted by molar-refractivity contribution is -0.142. The normalized spacial score (nSPS) is 11.9. The molecule has 0 fully saturated rings. The van der Waals surface area contributed by atoms with E-state index in [1.165, 1.54) is 0 Å². The van der Waals surface area contributed by atoms with Gasteiger partial charge in [-0.25, -0.2) is 0 Å². The second kappa shape index (κ2) is 7.91. The molecule has 92 valence electrons. The average Bonchev–Trinajstić information content (AvgIpc) is 2.24. The predicted molar refractivity (Wildman–Crippen MR) is 63.1 cm³/mol. The van der Waals surface area contributed by atoms with Crippen LogP contribution in [0.1, 0.15) is 33.1 Å². The zero-order valence-electron chi connectivity index (χ0n) is 10.1. The molecule has 4 nitrogen and oxygen atoms in total. The van der Waals surface area contributed by atoms with Gasteiger partial charge in [0.25, 0.3) is 0 Å². The smallest absolute Gasteiger partial charge is 0.308 e. The Bertz CT molecular complexity index is 251. The fraction of sp³-hybridized carbons (Fsp3) is 0.667. The van der Waals surface area contributed by atoms with Crippen molar-refractivity contribution in [2.24, 2.45) is 5.92 Å². The van der Waals surface area contributed by atoms with Gasteiger partial charge in [-0.3, -0.25) is 9.59 Å². The molecule has 0 aliphatic heterocycles. The molecule has 0 heterocycles. The van der Waals surface area contributed by atoms with Gasteiger partial charge in [0.1, 0.15) is 0 Å². The van der Waals surface area contributed by atoms with E-state index in [0.29, 0.717) is 13.0 Å². The quantitative estimate of drug-likeness (QED) is 0.644. The lowest BCUT2D eigenvalue weighted by Gasteiger charge is -2.23.